The fourth-order valence-electron chi connectivity index (χ4n) is 3.30. The van der Waals surface area contributed by atoms with Crippen molar-refractivity contribution >= 4 is 59.1 Å². The van der Waals surface area contributed by atoms with E-state index in [1.165, 1.54) is 37.7 Å². The summed E-state index contributed by atoms with van der Waals surface area (Å²) in [6, 6.07) is 15.3. The van der Waals surface area contributed by atoms with Crippen LogP contribution in [-0.2, 0) is 35.2 Å². The van der Waals surface area contributed by atoms with Crippen LogP contribution in [0.25, 0.3) is 0 Å². The van der Waals surface area contributed by atoms with Crippen LogP contribution in [0.15, 0.2) is 64.4 Å². The van der Waals surface area contributed by atoms with Crippen LogP contribution in [0, 0.1) is 0 Å². The molecule has 2 aromatic carbocycles. The zero-order valence-electron chi connectivity index (χ0n) is 20.6. The number of ether oxygens (including phenoxy) is 3. The third kappa shape index (κ3) is 7.80. The van der Waals surface area contributed by atoms with Crippen molar-refractivity contribution in [3.05, 3.63) is 81.1 Å². The Morgan fingerprint density at radius 2 is 1.51 bits per heavy atom. The number of esters is 3. The van der Waals surface area contributed by atoms with Crippen molar-refractivity contribution in [2.24, 2.45) is 0 Å². The molecular weight excluding hydrogens is 534 g/mol. The second kappa shape index (κ2) is 14.2. The fraction of sp³-hybridized carbons (Fsp3) is 0.308. The van der Waals surface area contributed by atoms with E-state index in [9.17, 15) is 19.2 Å². The van der Waals surface area contributed by atoms with Gasteiger partial charge in [-0.15, -0.1) is 0 Å². The van der Waals surface area contributed by atoms with Gasteiger partial charge in [-0.2, -0.15) is 11.8 Å². The summed E-state index contributed by atoms with van der Waals surface area (Å²) in [5.41, 5.74) is 2.04. The molecule has 1 heterocycles. The van der Waals surface area contributed by atoms with E-state index in [4.69, 9.17) is 14.2 Å². The third-order valence-corrected chi connectivity index (χ3v) is 8.80. The highest BCUT2D eigenvalue weighted by atomic mass is 32.2. The molecule has 0 saturated carbocycles. The normalized spacial score (nSPS) is 14.1. The molecule has 0 fully saturated rings. The monoisotopic (exact) mass is 561 g/mol. The van der Waals surface area contributed by atoms with E-state index in [-0.39, 0.29) is 21.0 Å². The SMILES string of the molecule is COC(=O)C1=C(C(=O)OC)SC(c2ccc(C(=O)N[C@@H](CCSC)C(=O)OCc3ccccc3)cc2)S1. The number of thioether (sulfide) groups is 3. The highest BCUT2D eigenvalue weighted by Crippen LogP contribution is 2.55. The minimum Gasteiger partial charge on any atom is -0.465 e. The van der Waals surface area contributed by atoms with E-state index in [0.717, 1.165) is 11.1 Å². The largest absolute Gasteiger partial charge is 0.465 e. The molecule has 196 valence electrons. The van der Waals surface area contributed by atoms with Gasteiger partial charge in [-0.3, -0.25) is 4.79 Å². The molecule has 3 rings (SSSR count). The minimum atomic E-state index is -0.779. The Kier molecular flexibility index (Phi) is 11.0. The molecular formula is C26H27NO7S3. The minimum absolute atomic E-state index is 0.131. The topological polar surface area (TPSA) is 108 Å². The van der Waals surface area contributed by atoms with Crippen molar-refractivity contribution in [1.29, 1.82) is 0 Å². The van der Waals surface area contributed by atoms with Gasteiger partial charge < -0.3 is 19.5 Å². The Labute approximate surface area is 228 Å². The molecule has 1 amide bonds. The molecule has 2 aromatic rings. The van der Waals surface area contributed by atoms with Gasteiger partial charge in [-0.1, -0.05) is 66.0 Å². The zero-order valence-corrected chi connectivity index (χ0v) is 23.0. The summed E-state index contributed by atoms with van der Waals surface area (Å²) in [6.07, 6.45) is 2.37. The predicted molar refractivity (Wildman–Crippen MR) is 146 cm³/mol. The lowest BCUT2D eigenvalue weighted by atomic mass is 10.1. The van der Waals surface area contributed by atoms with Gasteiger partial charge in [0.15, 0.2) is 0 Å². The van der Waals surface area contributed by atoms with Crippen molar-refractivity contribution in [3.63, 3.8) is 0 Å². The first-order valence-corrected chi connectivity index (χ1v) is 14.4. The lowest BCUT2D eigenvalue weighted by molar-refractivity contribution is -0.147. The van der Waals surface area contributed by atoms with Gasteiger partial charge in [-0.05, 0) is 41.7 Å². The Hall–Kier alpha value is -2.89. The van der Waals surface area contributed by atoms with Crippen LogP contribution >= 0.6 is 35.3 Å². The van der Waals surface area contributed by atoms with Crippen LogP contribution in [0.5, 0.6) is 0 Å². The van der Waals surface area contributed by atoms with E-state index in [2.05, 4.69) is 5.32 Å². The van der Waals surface area contributed by atoms with Gasteiger partial charge in [0.05, 0.1) is 18.8 Å². The average molecular weight is 562 g/mol. The second-order valence-corrected chi connectivity index (χ2v) is 11.2. The summed E-state index contributed by atoms with van der Waals surface area (Å²) in [6.45, 7) is 0.131. The highest BCUT2D eigenvalue weighted by Gasteiger charge is 2.36. The summed E-state index contributed by atoms with van der Waals surface area (Å²) in [4.78, 5) is 50.2. The van der Waals surface area contributed by atoms with Crippen molar-refractivity contribution in [2.45, 2.75) is 23.7 Å². The Morgan fingerprint density at radius 1 is 0.919 bits per heavy atom. The summed E-state index contributed by atoms with van der Waals surface area (Å²) >= 11 is 3.96. The Balaban J connectivity index is 1.65. The first-order chi connectivity index (χ1) is 17.9. The number of carbonyl (C=O) groups excluding carboxylic acids is 4. The van der Waals surface area contributed by atoms with Crippen molar-refractivity contribution in [3.8, 4) is 0 Å². The lowest BCUT2D eigenvalue weighted by Crippen LogP contribution is -2.42. The molecule has 1 atom stereocenters. The van der Waals surface area contributed by atoms with E-state index in [0.29, 0.717) is 17.7 Å². The molecule has 1 N–H and O–H groups in total. The van der Waals surface area contributed by atoms with Crippen LogP contribution in [0.2, 0.25) is 0 Å². The molecule has 1 aliphatic heterocycles. The predicted octanol–water partition coefficient (Wildman–Crippen LogP) is 4.32. The van der Waals surface area contributed by atoms with Gasteiger partial charge in [0.25, 0.3) is 5.91 Å². The maximum Gasteiger partial charge on any atom is 0.345 e. The molecule has 0 saturated heterocycles. The van der Waals surface area contributed by atoms with E-state index in [1.807, 2.05) is 36.6 Å². The highest BCUT2D eigenvalue weighted by molar-refractivity contribution is 8.23. The number of hydrogen-bond donors (Lipinski definition) is 1. The summed E-state index contributed by atoms with van der Waals surface area (Å²) < 4.78 is 14.7. The van der Waals surface area contributed by atoms with Crippen LogP contribution < -0.4 is 5.32 Å². The Bertz CT molecular complexity index is 1120. The lowest BCUT2D eigenvalue weighted by Gasteiger charge is -2.18. The van der Waals surface area contributed by atoms with E-state index < -0.39 is 29.9 Å². The average Bonchev–Trinajstić information content (AvgIpc) is 3.39. The molecule has 0 unspecified atom stereocenters. The Morgan fingerprint density at radius 3 is 2.05 bits per heavy atom. The van der Waals surface area contributed by atoms with Crippen LogP contribution in [0.1, 0.15) is 32.5 Å². The fourth-order valence-corrected chi connectivity index (χ4v) is 6.58. The number of carbonyl (C=O) groups is 4. The van der Waals surface area contributed by atoms with Gasteiger partial charge >= 0.3 is 17.9 Å². The van der Waals surface area contributed by atoms with Crippen molar-refractivity contribution < 1.29 is 33.4 Å². The molecule has 8 nitrogen and oxygen atoms in total. The number of hydrogen-bond acceptors (Lipinski definition) is 10. The van der Waals surface area contributed by atoms with E-state index in [1.54, 1.807) is 36.0 Å². The summed E-state index contributed by atoms with van der Waals surface area (Å²) in [5.74, 6) is -1.42. The number of amides is 1. The van der Waals surface area contributed by atoms with Crippen LogP contribution in [0.3, 0.4) is 0 Å². The number of benzene rings is 2. The van der Waals surface area contributed by atoms with Gasteiger partial charge in [0.1, 0.15) is 22.5 Å². The smallest absolute Gasteiger partial charge is 0.345 e. The standard InChI is InChI=1S/C26H27NO7S3/c1-32-24(30)20-21(25(31)33-2)37-26(36-20)18-11-9-17(10-12-18)22(28)27-19(13-14-35-3)23(29)34-15-16-7-5-4-6-8-16/h4-12,19,26H,13-15H2,1-3H3,(H,27,28)/t19-/m0/s1. The maximum absolute atomic E-state index is 12.9. The number of methoxy groups -OCH3 is 2. The molecule has 0 radical (unpaired) electrons. The molecule has 1 aliphatic rings. The van der Waals surface area contributed by atoms with Crippen LogP contribution in [0.4, 0.5) is 0 Å². The second-order valence-electron chi connectivity index (χ2n) is 7.73. The first-order valence-electron chi connectivity index (χ1n) is 11.2. The summed E-state index contributed by atoms with van der Waals surface area (Å²) in [5, 5.41) is 2.78. The first kappa shape index (κ1) is 28.7. The molecule has 37 heavy (non-hydrogen) atoms. The zero-order chi connectivity index (χ0) is 26.8. The molecule has 11 heteroatoms. The molecule has 0 spiro atoms. The van der Waals surface area contributed by atoms with Gasteiger partial charge in [-0.25, -0.2) is 14.4 Å². The molecule has 0 aliphatic carbocycles. The maximum atomic E-state index is 12.9. The summed E-state index contributed by atoms with van der Waals surface area (Å²) in [7, 11) is 2.50. The van der Waals surface area contributed by atoms with Gasteiger partial charge in [0, 0.05) is 5.56 Å². The number of rotatable bonds is 11. The van der Waals surface area contributed by atoms with E-state index >= 15 is 0 Å². The van der Waals surface area contributed by atoms with Crippen molar-refractivity contribution in [2.75, 3.05) is 26.2 Å². The van der Waals surface area contributed by atoms with Gasteiger partial charge in [0.2, 0.25) is 0 Å². The van der Waals surface area contributed by atoms with Crippen LogP contribution in [-0.4, -0.2) is 56.1 Å². The van der Waals surface area contributed by atoms with Crippen molar-refractivity contribution in [1.82, 2.24) is 5.32 Å². The quantitative estimate of drug-likeness (QED) is 0.315. The molecule has 0 aromatic heterocycles. The number of nitrogens with one attached hydrogen (secondary N) is 1. The molecule has 0 bridgehead atoms. The third-order valence-electron chi connectivity index (χ3n) is 5.27.